The molecule has 0 saturated heterocycles. The molecule has 3 N–H and O–H groups in total. The standard InChI is InChI=1S/C25H28FN5O5/c1-25(24(35)28-9-10-30(3)4)13-31-19-18(20(32)17(23(31)34)22(33)27-2)29-12-15(21(19)36-25)11-14-5-7-16(26)8-6-14/h5-8,12,32H,9-11,13H2,1-4H3,(H,27,33)(H,28,35)/t25-/m1/s1. The Morgan fingerprint density at radius 1 is 1.28 bits per heavy atom. The first-order chi connectivity index (χ1) is 17.1. The number of aromatic hydroxyl groups is 1. The smallest absolute Gasteiger partial charge is 0.268 e. The highest BCUT2D eigenvalue weighted by molar-refractivity contribution is 6.02. The van der Waals surface area contributed by atoms with Gasteiger partial charge in [-0.3, -0.25) is 23.9 Å². The molecule has 0 aliphatic carbocycles. The van der Waals surface area contributed by atoms with Crippen LogP contribution in [0.15, 0.2) is 35.3 Å². The summed E-state index contributed by atoms with van der Waals surface area (Å²) in [4.78, 5) is 45.3. The van der Waals surface area contributed by atoms with Crippen LogP contribution in [0.1, 0.15) is 28.4 Å². The SMILES string of the molecule is CNC(=O)c1c(O)c2ncc(Cc3ccc(F)cc3)c3c2n(c1=O)C[C@](C)(C(=O)NCCN(C)C)O3. The van der Waals surface area contributed by atoms with E-state index in [9.17, 15) is 23.9 Å². The molecule has 0 bridgehead atoms. The second-order valence-electron chi connectivity index (χ2n) is 9.20. The van der Waals surface area contributed by atoms with E-state index in [0.29, 0.717) is 18.7 Å². The van der Waals surface area contributed by atoms with Crippen molar-refractivity contribution in [1.29, 1.82) is 0 Å². The number of nitrogens with zero attached hydrogens (tertiary/aromatic N) is 3. The highest BCUT2D eigenvalue weighted by Gasteiger charge is 2.43. The molecular formula is C25H28FN5O5. The molecule has 4 rings (SSSR count). The predicted octanol–water partition coefficient (Wildman–Crippen LogP) is 1.02. The van der Waals surface area contributed by atoms with Crippen LogP contribution in [0.25, 0.3) is 11.0 Å². The number of hydrogen-bond donors (Lipinski definition) is 3. The number of rotatable bonds is 7. The monoisotopic (exact) mass is 497 g/mol. The second-order valence-corrected chi connectivity index (χ2v) is 9.20. The van der Waals surface area contributed by atoms with E-state index in [-0.39, 0.29) is 35.6 Å². The third-order valence-corrected chi connectivity index (χ3v) is 6.14. The zero-order valence-corrected chi connectivity index (χ0v) is 20.5. The number of amides is 2. The van der Waals surface area contributed by atoms with Crippen molar-refractivity contribution in [3.8, 4) is 11.5 Å². The molecule has 0 radical (unpaired) electrons. The third-order valence-electron chi connectivity index (χ3n) is 6.14. The predicted molar refractivity (Wildman–Crippen MR) is 131 cm³/mol. The van der Waals surface area contributed by atoms with Crippen LogP contribution in [0.2, 0.25) is 0 Å². The quantitative estimate of drug-likeness (QED) is 0.445. The van der Waals surface area contributed by atoms with Crippen LogP contribution in [0.4, 0.5) is 4.39 Å². The molecule has 0 fully saturated rings. The average molecular weight is 498 g/mol. The van der Waals surface area contributed by atoms with Crippen molar-refractivity contribution in [3.63, 3.8) is 0 Å². The lowest BCUT2D eigenvalue weighted by atomic mass is 9.98. The van der Waals surface area contributed by atoms with Gasteiger partial charge < -0.3 is 25.4 Å². The molecule has 1 aliphatic heterocycles. The molecule has 0 spiro atoms. The number of nitrogens with one attached hydrogen (secondary N) is 2. The van der Waals surface area contributed by atoms with Gasteiger partial charge in [0.1, 0.15) is 22.4 Å². The minimum atomic E-state index is -1.49. The van der Waals surface area contributed by atoms with E-state index in [4.69, 9.17) is 4.74 Å². The topological polar surface area (TPSA) is 126 Å². The molecule has 11 heteroatoms. The van der Waals surface area contributed by atoms with Crippen molar-refractivity contribution < 1.29 is 23.8 Å². The van der Waals surface area contributed by atoms with Gasteiger partial charge in [-0.2, -0.15) is 0 Å². The van der Waals surface area contributed by atoms with Gasteiger partial charge in [0.25, 0.3) is 17.4 Å². The Bertz CT molecular complexity index is 1400. The largest absolute Gasteiger partial charge is 0.505 e. The number of aromatic nitrogens is 2. The molecule has 1 aromatic carbocycles. The number of carbonyl (C=O) groups is 2. The van der Waals surface area contributed by atoms with Crippen LogP contribution < -0.4 is 20.9 Å². The van der Waals surface area contributed by atoms with Gasteiger partial charge in [0.05, 0.1) is 6.54 Å². The summed E-state index contributed by atoms with van der Waals surface area (Å²) >= 11 is 0. The Morgan fingerprint density at radius 2 is 1.97 bits per heavy atom. The highest BCUT2D eigenvalue weighted by atomic mass is 19.1. The van der Waals surface area contributed by atoms with Crippen molar-refractivity contribution in [2.45, 2.75) is 25.5 Å². The molecule has 0 unspecified atom stereocenters. The van der Waals surface area contributed by atoms with E-state index in [1.807, 2.05) is 19.0 Å². The van der Waals surface area contributed by atoms with Crippen LogP contribution >= 0.6 is 0 Å². The van der Waals surface area contributed by atoms with Crippen molar-refractivity contribution >= 4 is 22.8 Å². The molecule has 3 aromatic rings. The number of benzene rings is 1. The van der Waals surface area contributed by atoms with E-state index >= 15 is 0 Å². The molecule has 1 atom stereocenters. The molecule has 2 aromatic heterocycles. The first kappa shape index (κ1) is 25.1. The average Bonchev–Trinajstić information content (AvgIpc) is 2.84. The van der Waals surface area contributed by atoms with Gasteiger partial charge in [0.2, 0.25) is 5.60 Å². The lowest BCUT2D eigenvalue weighted by Gasteiger charge is -2.36. The summed E-state index contributed by atoms with van der Waals surface area (Å²) in [6.45, 7) is 2.32. The van der Waals surface area contributed by atoms with Crippen molar-refractivity contribution in [3.05, 3.63) is 63.3 Å². The van der Waals surface area contributed by atoms with Gasteiger partial charge in [0.15, 0.2) is 11.5 Å². The van der Waals surface area contributed by atoms with Gasteiger partial charge in [-0.25, -0.2) is 4.39 Å². The summed E-state index contributed by atoms with van der Waals surface area (Å²) in [6, 6.07) is 5.88. The van der Waals surface area contributed by atoms with E-state index in [0.717, 1.165) is 5.56 Å². The number of pyridine rings is 2. The molecule has 1 aliphatic rings. The second kappa shape index (κ2) is 9.57. The first-order valence-corrected chi connectivity index (χ1v) is 11.4. The highest BCUT2D eigenvalue weighted by Crippen LogP contribution is 2.40. The molecule has 0 saturated carbocycles. The Hall–Kier alpha value is -3.99. The van der Waals surface area contributed by atoms with E-state index in [1.165, 1.54) is 29.9 Å². The normalized spacial score (nSPS) is 16.6. The Kier molecular flexibility index (Phi) is 6.68. The van der Waals surface area contributed by atoms with Gasteiger partial charge in [0, 0.05) is 38.3 Å². The number of halogens is 1. The van der Waals surface area contributed by atoms with Gasteiger partial charge in [-0.1, -0.05) is 12.1 Å². The lowest BCUT2D eigenvalue weighted by Crippen LogP contribution is -2.56. The van der Waals surface area contributed by atoms with Crippen LogP contribution in [0.5, 0.6) is 11.5 Å². The Morgan fingerprint density at radius 3 is 2.61 bits per heavy atom. The van der Waals surface area contributed by atoms with Crippen molar-refractivity contribution in [1.82, 2.24) is 25.1 Å². The zero-order chi connectivity index (χ0) is 26.2. The first-order valence-electron chi connectivity index (χ1n) is 11.4. The molecule has 2 amide bonds. The molecule has 36 heavy (non-hydrogen) atoms. The minimum absolute atomic E-state index is 0.00104. The van der Waals surface area contributed by atoms with Crippen LogP contribution in [0.3, 0.4) is 0 Å². The summed E-state index contributed by atoms with van der Waals surface area (Å²) in [5.41, 5.74) is -1.26. The van der Waals surface area contributed by atoms with Crippen LogP contribution in [0, 0.1) is 5.82 Å². The molecule has 10 nitrogen and oxygen atoms in total. The maximum absolute atomic E-state index is 13.4. The number of hydrogen-bond acceptors (Lipinski definition) is 7. The summed E-state index contributed by atoms with van der Waals surface area (Å²) in [7, 11) is 5.10. The van der Waals surface area contributed by atoms with Gasteiger partial charge in [-0.15, -0.1) is 0 Å². The molecule has 3 heterocycles. The summed E-state index contributed by atoms with van der Waals surface area (Å²) in [5.74, 6) is -1.96. The Labute approximate surface area is 206 Å². The minimum Gasteiger partial charge on any atom is -0.505 e. The summed E-state index contributed by atoms with van der Waals surface area (Å²) < 4.78 is 20.9. The summed E-state index contributed by atoms with van der Waals surface area (Å²) in [6.07, 6.45) is 1.72. The molecular weight excluding hydrogens is 469 g/mol. The van der Waals surface area contributed by atoms with Crippen molar-refractivity contribution in [2.24, 2.45) is 0 Å². The van der Waals surface area contributed by atoms with Gasteiger partial charge in [-0.05, 0) is 38.7 Å². The third kappa shape index (κ3) is 4.49. The zero-order valence-electron chi connectivity index (χ0n) is 20.5. The maximum Gasteiger partial charge on any atom is 0.268 e. The fourth-order valence-corrected chi connectivity index (χ4v) is 4.20. The van der Waals surface area contributed by atoms with Crippen LogP contribution in [-0.4, -0.2) is 71.2 Å². The number of carbonyl (C=O) groups excluding carboxylic acids is 2. The van der Waals surface area contributed by atoms with Crippen LogP contribution in [-0.2, 0) is 17.8 Å². The lowest BCUT2D eigenvalue weighted by molar-refractivity contribution is -0.137. The molecule has 190 valence electrons. The van der Waals surface area contributed by atoms with Crippen molar-refractivity contribution in [2.75, 3.05) is 34.2 Å². The number of likely N-dealkylation sites (N-methyl/N-ethyl adjacent to an activating group) is 1. The maximum atomic E-state index is 13.4. The van der Waals surface area contributed by atoms with E-state index in [2.05, 4.69) is 15.6 Å². The van der Waals surface area contributed by atoms with E-state index < -0.39 is 34.3 Å². The Balaban J connectivity index is 1.88. The van der Waals surface area contributed by atoms with E-state index in [1.54, 1.807) is 19.1 Å². The fraction of sp³-hybridized carbons (Fsp3) is 0.360. The fourth-order valence-electron chi connectivity index (χ4n) is 4.20. The number of ether oxygens (including phenoxy) is 1. The summed E-state index contributed by atoms with van der Waals surface area (Å²) in [5, 5.41) is 16.0. The van der Waals surface area contributed by atoms with Gasteiger partial charge >= 0.3 is 0 Å².